The molecule has 8 nitrogen and oxygen atoms in total. The van der Waals surface area contributed by atoms with E-state index in [0.29, 0.717) is 24.8 Å². The summed E-state index contributed by atoms with van der Waals surface area (Å²) in [5, 5.41) is 0. The SMILES string of the molecule is COC(=O)[C@@H]1C[C@@]2(C)[C@H](CC[C@]2(OC(C)=O)C(=O)COC(C)=O)[C@H]2CCC3=CC(=O)C=C[C@]3(C)[C@]21F. The van der Waals surface area contributed by atoms with Crippen molar-refractivity contribution in [1.29, 1.82) is 0 Å². The van der Waals surface area contributed by atoms with Crippen LogP contribution in [-0.2, 0) is 38.2 Å². The maximum absolute atomic E-state index is 17.8. The Morgan fingerprint density at radius 2 is 1.78 bits per heavy atom. The van der Waals surface area contributed by atoms with E-state index >= 15 is 4.39 Å². The standard InChI is InChI=1S/C27H33FO8/c1-15(29)35-14-22(32)26(36-16(2)30)11-9-19-20-7-6-17-12-18(31)8-10-24(17,3)27(20,28)21(23(33)34-5)13-25(19,26)4/h8,10,12,19-21H,6-7,9,11,13-14H2,1-5H3/t19-,20-,21+,24+,25+,26+,27+/m1/s1. The van der Waals surface area contributed by atoms with Crippen molar-refractivity contribution in [2.45, 2.75) is 71.1 Å². The summed E-state index contributed by atoms with van der Waals surface area (Å²) in [6.07, 6.45) is 5.60. The second kappa shape index (κ2) is 8.63. The lowest BCUT2D eigenvalue weighted by atomic mass is 9.42. The molecule has 0 unspecified atom stereocenters. The molecule has 0 aliphatic heterocycles. The Labute approximate surface area is 209 Å². The molecule has 0 bridgehead atoms. The number of Topliss-reactive ketones (excluding diaryl/α,β-unsaturated/α-hetero) is 1. The van der Waals surface area contributed by atoms with Gasteiger partial charge in [-0.2, -0.15) is 0 Å². The lowest BCUT2D eigenvalue weighted by molar-refractivity contribution is -0.216. The molecule has 0 amide bonds. The molecule has 196 valence electrons. The van der Waals surface area contributed by atoms with Gasteiger partial charge in [-0.3, -0.25) is 24.0 Å². The van der Waals surface area contributed by atoms with Gasteiger partial charge in [-0.25, -0.2) is 4.39 Å². The van der Waals surface area contributed by atoms with Crippen LogP contribution in [0.25, 0.3) is 0 Å². The van der Waals surface area contributed by atoms with E-state index in [1.165, 1.54) is 33.1 Å². The van der Waals surface area contributed by atoms with Gasteiger partial charge in [0.2, 0.25) is 5.78 Å². The van der Waals surface area contributed by atoms with Crippen LogP contribution >= 0.6 is 0 Å². The van der Waals surface area contributed by atoms with Gasteiger partial charge < -0.3 is 14.2 Å². The summed E-state index contributed by atoms with van der Waals surface area (Å²) in [5.41, 5.74) is -5.45. The van der Waals surface area contributed by atoms with E-state index in [4.69, 9.17) is 14.2 Å². The molecule has 3 saturated carbocycles. The van der Waals surface area contributed by atoms with Crippen LogP contribution in [0.1, 0.15) is 59.8 Å². The molecule has 4 aliphatic carbocycles. The van der Waals surface area contributed by atoms with Crippen molar-refractivity contribution in [3.63, 3.8) is 0 Å². The van der Waals surface area contributed by atoms with Crippen molar-refractivity contribution in [3.8, 4) is 0 Å². The van der Waals surface area contributed by atoms with Crippen molar-refractivity contribution in [2.24, 2.45) is 28.6 Å². The maximum Gasteiger partial charge on any atom is 0.311 e. The topological polar surface area (TPSA) is 113 Å². The number of ketones is 2. The molecular weight excluding hydrogens is 471 g/mol. The first-order valence-corrected chi connectivity index (χ1v) is 12.3. The minimum atomic E-state index is -2.09. The molecule has 0 heterocycles. The average molecular weight is 505 g/mol. The van der Waals surface area contributed by atoms with Crippen LogP contribution in [-0.4, -0.2) is 54.5 Å². The second-order valence-electron chi connectivity index (χ2n) is 11.0. The monoisotopic (exact) mass is 504 g/mol. The zero-order valence-corrected chi connectivity index (χ0v) is 21.4. The molecule has 0 radical (unpaired) electrons. The predicted molar refractivity (Wildman–Crippen MR) is 124 cm³/mol. The fraction of sp³-hybridized carbons (Fsp3) is 0.667. The number of halogens is 1. The number of alkyl halides is 1. The quantitative estimate of drug-likeness (QED) is 0.414. The summed E-state index contributed by atoms with van der Waals surface area (Å²) in [5.74, 6) is -5.26. The normalized spacial score (nSPS) is 40.8. The van der Waals surface area contributed by atoms with E-state index in [9.17, 15) is 24.0 Å². The van der Waals surface area contributed by atoms with Gasteiger partial charge in [0.05, 0.1) is 13.0 Å². The highest BCUT2D eigenvalue weighted by Crippen LogP contribution is 2.72. The molecule has 0 saturated heterocycles. The average Bonchev–Trinajstić information content (AvgIpc) is 3.09. The summed E-state index contributed by atoms with van der Waals surface area (Å²) >= 11 is 0. The van der Waals surface area contributed by atoms with Crippen LogP contribution in [0.4, 0.5) is 4.39 Å². The number of hydrogen-bond acceptors (Lipinski definition) is 8. The van der Waals surface area contributed by atoms with Gasteiger partial charge in [-0.1, -0.05) is 18.6 Å². The smallest absolute Gasteiger partial charge is 0.311 e. The highest BCUT2D eigenvalue weighted by molar-refractivity contribution is 6.01. The summed E-state index contributed by atoms with van der Waals surface area (Å²) in [6.45, 7) is 5.26. The molecular formula is C27H33FO8. The molecule has 4 rings (SSSR count). The van der Waals surface area contributed by atoms with E-state index < -0.39 is 70.2 Å². The van der Waals surface area contributed by atoms with E-state index in [1.54, 1.807) is 19.9 Å². The van der Waals surface area contributed by atoms with Crippen LogP contribution in [0.3, 0.4) is 0 Å². The Hall–Kier alpha value is -2.84. The number of carbonyl (C=O) groups is 5. The van der Waals surface area contributed by atoms with Crippen LogP contribution in [0.15, 0.2) is 23.8 Å². The highest BCUT2D eigenvalue weighted by atomic mass is 19.1. The predicted octanol–water partition coefficient (Wildman–Crippen LogP) is 3.22. The summed E-state index contributed by atoms with van der Waals surface area (Å²) in [6, 6.07) is 0. The highest BCUT2D eigenvalue weighted by Gasteiger charge is 2.76. The minimum absolute atomic E-state index is 0.110. The third kappa shape index (κ3) is 3.41. The Morgan fingerprint density at radius 3 is 2.39 bits per heavy atom. The molecule has 0 aromatic heterocycles. The van der Waals surface area contributed by atoms with Crippen LogP contribution in [0.2, 0.25) is 0 Å². The Balaban J connectivity index is 1.87. The molecule has 0 spiro atoms. The number of methoxy groups -OCH3 is 1. The maximum atomic E-state index is 17.8. The van der Waals surface area contributed by atoms with Crippen LogP contribution < -0.4 is 0 Å². The fourth-order valence-corrected chi connectivity index (χ4v) is 7.86. The fourth-order valence-electron chi connectivity index (χ4n) is 7.86. The summed E-state index contributed by atoms with van der Waals surface area (Å²) in [7, 11) is 1.19. The Morgan fingerprint density at radius 1 is 1.08 bits per heavy atom. The minimum Gasteiger partial charge on any atom is -0.469 e. The van der Waals surface area contributed by atoms with Gasteiger partial charge in [0, 0.05) is 24.7 Å². The molecule has 36 heavy (non-hydrogen) atoms. The first-order valence-electron chi connectivity index (χ1n) is 12.3. The summed E-state index contributed by atoms with van der Waals surface area (Å²) in [4.78, 5) is 62.6. The zero-order valence-electron chi connectivity index (χ0n) is 21.4. The van der Waals surface area contributed by atoms with E-state index in [0.717, 1.165) is 0 Å². The van der Waals surface area contributed by atoms with Crippen molar-refractivity contribution in [2.75, 3.05) is 13.7 Å². The summed E-state index contributed by atoms with van der Waals surface area (Å²) < 4.78 is 33.6. The molecule has 0 N–H and O–H groups in total. The molecule has 7 atom stereocenters. The number of fused-ring (bicyclic) bond motifs is 5. The van der Waals surface area contributed by atoms with E-state index in [2.05, 4.69) is 0 Å². The lowest BCUT2D eigenvalue weighted by Crippen LogP contribution is -2.69. The number of allylic oxidation sites excluding steroid dienone is 4. The largest absolute Gasteiger partial charge is 0.469 e. The molecule has 9 heteroatoms. The van der Waals surface area contributed by atoms with Crippen LogP contribution in [0, 0.1) is 28.6 Å². The first-order chi connectivity index (χ1) is 16.8. The molecule has 3 fully saturated rings. The molecule has 0 aromatic rings. The van der Waals surface area contributed by atoms with Gasteiger partial charge in [-0.05, 0) is 63.0 Å². The van der Waals surface area contributed by atoms with Crippen molar-refractivity contribution in [1.82, 2.24) is 0 Å². The van der Waals surface area contributed by atoms with Gasteiger partial charge in [0.15, 0.2) is 18.0 Å². The van der Waals surface area contributed by atoms with Crippen molar-refractivity contribution in [3.05, 3.63) is 23.8 Å². The third-order valence-electron chi connectivity index (χ3n) is 9.45. The number of carbonyl (C=O) groups excluding carboxylic acids is 5. The Kier molecular flexibility index (Phi) is 6.29. The van der Waals surface area contributed by atoms with E-state index in [1.807, 2.05) is 0 Å². The molecule has 4 aliphatic rings. The van der Waals surface area contributed by atoms with Crippen LogP contribution in [0.5, 0.6) is 0 Å². The van der Waals surface area contributed by atoms with Gasteiger partial charge in [-0.15, -0.1) is 0 Å². The molecule has 0 aromatic carbocycles. The first kappa shape index (κ1) is 26.2. The zero-order chi connectivity index (χ0) is 26.7. The van der Waals surface area contributed by atoms with Gasteiger partial charge in [0.25, 0.3) is 0 Å². The second-order valence-corrected chi connectivity index (χ2v) is 11.0. The number of esters is 3. The number of hydrogen-bond donors (Lipinski definition) is 0. The van der Waals surface area contributed by atoms with Gasteiger partial charge in [0.1, 0.15) is 5.67 Å². The van der Waals surface area contributed by atoms with E-state index in [-0.39, 0.29) is 18.6 Å². The Bertz CT molecular complexity index is 1090. The number of rotatable bonds is 5. The third-order valence-corrected chi connectivity index (χ3v) is 9.45. The van der Waals surface area contributed by atoms with Gasteiger partial charge >= 0.3 is 17.9 Å². The van der Waals surface area contributed by atoms with Crippen molar-refractivity contribution < 1.29 is 42.6 Å². The van der Waals surface area contributed by atoms with Crippen molar-refractivity contribution >= 4 is 29.5 Å². The lowest BCUT2D eigenvalue weighted by Gasteiger charge is -2.63. The number of ether oxygens (including phenoxy) is 3.